The van der Waals surface area contributed by atoms with Crippen LogP contribution in [0.4, 0.5) is 0 Å². The fourth-order valence-electron chi connectivity index (χ4n) is 3.13. The van der Waals surface area contributed by atoms with Crippen LogP contribution < -0.4 is 14.8 Å². The quantitative estimate of drug-likeness (QED) is 0.859. The predicted molar refractivity (Wildman–Crippen MR) is 92.7 cm³/mol. The van der Waals surface area contributed by atoms with E-state index in [1.165, 1.54) is 0 Å². The maximum atomic E-state index is 12.4. The van der Waals surface area contributed by atoms with Gasteiger partial charge in [0, 0.05) is 46.2 Å². The van der Waals surface area contributed by atoms with E-state index in [1.807, 2.05) is 30.0 Å². The molecule has 1 saturated heterocycles. The van der Waals surface area contributed by atoms with Crippen molar-refractivity contribution in [2.45, 2.75) is 26.1 Å². The molecule has 0 unspecified atom stereocenters. The Hall–Kier alpha value is -2.28. The third-order valence-corrected chi connectivity index (χ3v) is 4.65. The van der Waals surface area contributed by atoms with E-state index in [4.69, 9.17) is 9.47 Å². The number of carbonyl (C=O) groups is 2. The minimum atomic E-state index is -0.649. The summed E-state index contributed by atoms with van der Waals surface area (Å²) in [5, 5.41) is 2.93. The van der Waals surface area contributed by atoms with Crippen molar-refractivity contribution >= 4 is 11.8 Å². The highest BCUT2D eigenvalue weighted by molar-refractivity contribution is 5.82. The van der Waals surface area contributed by atoms with E-state index >= 15 is 0 Å². The van der Waals surface area contributed by atoms with E-state index < -0.39 is 6.10 Å². The molecule has 25 heavy (non-hydrogen) atoms. The summed E-state index contributed by atoms with van der Waals surface area (Å²) < 4.78 is 11.6. The first-order chi connectivity index (χ1) is 12.0. The molecule has 7 nitrogen and oxygen atoms in total. The maximum absolute atomic E-state index is 12.4. The van der Waals surface area contributed by atoms with Gasteiger partial charge in [-0.05, 0) is 19.1 Å². The summed E-state index contributed by atoms with van der Waals surface area (Å²) in [6.07, 6.45) is -0.988. The van der Waals surface area contributed by atoms with Gasteiger partial charge in [-0.15, -0.1) is 0 Å². The monoisotopic (exact) mass is 347 g/mol. The molecule has 7 heteroatoms. The molecule has 0 aromatic heterocycles. The zero-order valence-electron chi connectivity index (χ0n) is 14.7. The fraction of sp³-hybridized carbons (Fsp3) is 0.556. The largest absolute Gasteiger partial charge is 0.482 e. The molecule has 0 bridgehead atoms. The highest BCUT2D eigenvalue weighted by atomic mass is 16.6. The number of hydrogen-bond donors (Lipinski definition) is 1. The van der Waals surface area contributed by atoms with Crippen LogP contribution in [0.3, 0.4) is 0 Å². The lowest BCUT2D eigenvalue weighted by molar-refractivity contribution is -0.133. The predicted octanol–water partition coefficient (Wildman–Crippen LogP) is 0.495. The number of rotatable bonds is 4. The van der Waals surface area contributed by atoms with Crippen LogP contribution in [0.15, 0.2) is 24.3 Å². The Balaban J connectivity index is 1.43. The number of benzene rings is 1. The van der Waals surface area contributed by atoms with Crippen LogP contribution in [-0.4, -0.2) is 73.1 Å². The number of nitrogens with one attached hydrogen (secondary N) is 1. The van der Waals surface area contributed by atoms with Gasteiger partial charge in [0.05, 0.1) is 0 Å². The highest BCUT2D eigenvalue weighted by Gasteiger charge is 2.33. The second kappa shape index (κ2) is 7.74. The molecule has 2 amide bonds. The van der Waals surface area contributed by atoms with Gasteiger partial charge in [0.2, 0.25) is 12.0 Å². The maximum Gasteiger partial charge on any atom is 0.265 e. The number of para-hydroxylation sites is 2. The molecular formula is C18H25N3O4. The minimum absolute atomic E-state index is 0.122. The third-order valence-electron chi connectivity index (χ3n) is 4.65. The molecule has 1 aromatic rings. The van der Waals surface area contributed by atoms with Crippen LogP contribution in [-0.2, 0) is 9.59 Å². The SMILES string of the molecule is CC(=O)N1CCN(CCNC(=O)[C@H]2Oc3ccccc3O[C@H]2C)CC1. The van der Waals surface area contributed by atoms with Gasteiger partial charge in [0.1, 0.15) is 6.10 Å². The van der Waals surface area contributed by atoms with Gasteiger partial charge in [0.15, 0.2) is 11.5 Å². The van der Waals surface area contributed by atoms with Crippen LogP contribution in [0.1, 0.15) is 13.8 Å². The molecule has 0 spiro atoms. The van der Waals surface area contributed by atoms with Crippen LogP contribution in [0.25, 0.3) is 0 Å². The molecule has 2 atom stereocenters. The van der Waals surface area contributed by atoms with Crippen LogP contribution in [0.2, 0.25) is 0 Å². The zero-order valence-corrected chi connectivity index (χ0v) is 14.7. The Morgan fingerprint density at radius 1 is 1.12 bits per heavy atom. The molecule has 2 aliphatic heterocycles. The molecule has 1 aromatic carbocycles. The van der Waals surface area contributed by atoms with Gasteiger partial charge < -0.3 is 19.7 Å². The van der Waals surface area contributed by atoms with Crippen molar-refractivity contribution in [2.24, 2.45) is 0 Å². The summed E-state index contributed by atoms with van der Waals surface area (Å²) >= 11 is 0. The van der Waals surface area contributed by atoms with Gasteiger partial charge in [0.25, 0.3) is 5.91 Å². The number of amides is 2. The summed E-state index contributed by atoms with van der Waals surface area (Å²) in [5.41, 5.74) is 0. The van der Waals surface area contributed by atoms with E-state index in [-0.39, 0.29) is 17.9 Å². The minimum Gasteiger partial charge on any atom is -0.482 e. The average molecular weight is 347 g/mol. The van der Waals surface area contributed by atoms with E-state index in [1.54, 1.807) is 13.0 Å². The van der Waals surface area contributed by atoms with Crippen LogP contribution in [0, 0.1) is 0 Å². The highest BCUT2D eigenvalue weighted by Crippen LogP contribution is 2.33. The first-order valence-corrected chi connectivity index (χ1v) is 8.72. The van der Waals surface area contributed by atoms with E-state index in [0.29, 0.717) is 18.0 Å². The number of hydrogen-bond acceptors (Lipinski definition) is 5. The Kier molecular flexibility index (Phi) is 5.43. The number of ether oxygens (including phenoxy) is 2. The van der Waals surface area contributed by atoms with Gasteiger partial charge in [-0.2, -0.15) is 0 Å². The van der Waals surface area contributed by atoms with E-state index in [0.717, 1.165) is 32.7 Å². The number of fused-ring (bicyclic) bond motifs is 1. The smallest absolute Gasteiger partial charge is 0.265 e. The van der Waals surface area contributed by atoms with Crippen molar-refractivity contribution in [3.8, 4) is 11.5 Å². The number of piperazine rings is 1. The van der Waals surface area contributed by atoms with E-state index in [9.17, 15) is 9.59 Å². The van der Waals surface area contributed by atoms with Gasteiger partial charge in [-0.3, -0.25) is 14.5 Å². The normalized spacial score (nSPS) is 23.2. The molecule has 2 heterocycles. The first-order valence-electron chi connectivity index (χ1n) is 8.72. The summed E-state index contributed by atoms with van der Waals surface area (Å²) in [7, 11) is 0. The van der Waals surface area contributed by atoms with Gasteiger partial charge in [-0.1, -0.05) is 12.1 Å². The van der Waals surface area contributed by atoms with Crippen molar-refractivity contribution in [1.82, 2.24) is 15.1 Å². The van der Waals surface area contributed by atoms with Crippen molar-refractivity contribution in [1.29, 1.82) is 0 Å². The second-order valence-electron chi connectivity index (χ2n) is 6.45. The Morgan fingerprint density at radius 3 is 2.40 bits per heavy atom. The lowest BCUT2D eigenvalue weighted by Gasteiger charge is -2.34. The summed E-state index contributed by atoms with van der Waals surface area (Å²) in [4.78, 5) is 27.8. The second-order valence-corrected chi connectivity index (χ2v) is 6.45. The third kappa shape index (κ3) is 4.22. The van der Waals surface area contributed by atoms with Crippen molar-refractivity contribution < 1.29 is 19.1 Å². The zero-order chi connectivity index (χ0) is 17.8. The van der Waals surface area contributed by atoms with Crippen LogP contribution >= 0.6 is 0 Å². The molecule has 2 aliphatic rings. The summed E-state index contributed by atoms with van der Waals surface area (Å²) in [6.45, 7) is 7.91. The molecule has 3 rings (SSSR count). The lowest BCUT2D eigenvalue weighted by Crippen LogP contribution is -2.52. The standard InChI is InChI=1S/C18H25N3O4/c1-13-17(25-16-6-4-3-5-15(16)24-13)18(23)19-7-8-20-9-11-21(12-10-20)14(2)22/h3-6,13,17H,7-12H2,1-2H3,(H,19,23)/t13-,17-/m0/s1. The molecule has 0 saturated carbocycles. The Labute approximate surface area is 147 Å². The fourth-order valence-corrected chi connectivity index (χ4v) is 3.13. The van der Waals surface area contributed by atoms with E-state index in [2.05, 4.69) is 10.2 Å². The molecule has 1 fully saturated rings. The van der Waals surface area contributed by atoms with Crippen LogP contribution in [0.5, 0.6) is 11.5 Å². The molecule has 136 valence electrons. The molecule has 0 radical (unpaired) electrons. The number of carbonyl (C=O) groups excluding carboxylic acids is 2. The first kappa shape index (κ1) is 17.5. The van der Waals surface area contributed by atoms with Gasteiger partial charge >= 0.3 is 0 Å². The molecular weight excluding hydrogens is 322 g/mol. The Bertz CT molecular complexity index is 629. The lowest BCUT2D eigenvalue weighted by atomic mass is 10.1. The average Bonchev–Trinajstić information content (AvgIpc) is 2.61. The summed E-state index contributed by atoms with van der Waals surface area (Å²) in [5.74, 6) is 1.23. The topological polar surface area (TPSA) is 71.1 Å². The van der Waals surface area contributed by atoms with Crippen molar-refractivity contribution in [3.05, 3.63) is 24.3 Å². The number of nitrogens with zero attached hydrogens (tertiary/aromatic N) is 2. The van der Waals surface area contributed by atoms with Gasteiger partial charge in [-0.25, -0.2) is 0 Å². The van der Waals surface area contributed by atoms with Crippen molar-refractivity contribution in [2.75, 3.05) is 39.3 Å². The Morgan fingerprint density at radius 2 is 1.76 bits per heavy atom. The molecule has 0 aliphatic carbocycles. The van der Waals surface area contributed by atoms with Crippen molar-refractivity contribution in [3.63, 3.8) is 0 Å². The molecule has 1 N–H and O–H groups in total. The summed E-state index contributed by atoms with van der Waals surface area (Å²) in [6, 6.07) is 7.37.